The van der Waals surface area contributed by atoms with Gasteiger partial charge in [-0.2, -0.15) is 0 Å². The van der Waals surface area contributed by atoms with E-state index < -0.39 is 33.5 Å². The first kappa shape index (κ1) is 17.2. The van der Waals surface area contributed by atoms with E-state index >= 15 is 0 Å². The zero-order valence-electron chi connectivity index (χ0n) is 12.7. The fraction of sp³-hybridized carbons (Fsp3) is 0.235. The molecular weight excluding hydrogens is 314 g/mol. The first-order chi connectivity index (χ1) is 10.9. The lowest BCUT2D eigenvalue weighted by Gasteiger charge is -2.20. The maximum Gasteiger partial charge on any atom is 0.236 e. The lowest BCUT2D eigenvalue weighted by atomic mass is 10.1. The number of nitrogens with two attached hydrogens (primary N) is 1. The molecule has 23 heavy (non-hydrogen) atoms. The van der Waals surface area contributed by atoms with E-state index in [0.717, 1.165) is 11.1 Å². The number of rotatable bonds is 6. The Labute approximate surface area is 135 Å². The second kappa shape index (κ2) is 6.93. The second-order valence-corrected chi connectivity index (χ2v) is 7.49. The van der Waals surface area contributed by atoms with Crippen molar-refractivity contribution in [3.8, 4) is 11.1 Å². The minimum absolute atomic E-state index is 0.0166. The zero-order chi connectivity index (χ0) is 17.0. The van der Waals surface area contributed by atoms with Crippen molar-refractivity contribution >= 4 is 15.7 Å². The van der Waals surface area contributed by atoms with Crippen molar-refractivity contribution in [1.82, 2.24) is 0 Å². The third kappa shape index (κ3) is 3.60. The van der Waals surface area contributed by atoms with Gasteiger partial charge in [-0.3, -0.25) is 4.79 Å². The molecule has 0 radical (unpaired) electrons. The second-order valence-electron chi connectivity index (χ2n) is 5.42. The van der Waals surface area contributed by atoms with Crippen LogP contribution in [0.4, 0.5) is 0 Å². The van der Waals surface area contributed by atoms with Crippen LogP contribution in [0.2, 0.25) is 0 Å². The highest BCUT2D eigenvalue weighted by molar-refractivity contribution is 7.92. The number of hydrogen-bond donors (Lipinski definition) is 2. The molecule has 0 aliphatic rings. The van der Waals surface area contributed by atoms with Crippen LogP contribution in [0.1, 0.15) is 6.92 Å². The van der Waals surface area contributed by atoms with Crippen LogP contribution in [0, 0.1) is 5.92 Å². The molecule has 2 aromatic carbocycles. The highest BCUT2D eigenvalue weighted by Crippen LogP contribution is 2.26. The van der Waals surface area contributed by atoms with Crippen molar-refractivity contribution < 1.29 is 18.3 Å². The molecule has 0 aliphatic carbocycles. The van der Waals surface area contributed by atoms with Crippen molar-refractivity contribution in [2.24, 2.45) is 11.7 Å². The fourth-order valence-corrected chi connectivity index (χ4v) is 4.32. The Morgan fingerprint density at radius 1 is 1.09 bits per heavy atom. The van der Waals surface area contributed by atoms with Crippen LogP contribution in [0.3, 0.4) is 0 Å². The number of primary amides is 1. The molecule has 0 heterocycles. The standard InChI is InChI=1S/C17H19NO4S/c1-12(11-19)16(17(18)20)23(21,22)15-9-5-8-14(10-15)13-6-3-2-4-7-13/h2-10,12,16,19H,11H2,1H3,(H2,18,20). The third-order valence-electron chi connectivity index (χ3n) is 3.69. The van der Waals surface area contributed by atoms with Gasteiger partial charge in [0.05, 0.1) is 4.90 Å². The minimum atomic E-state index is -3.98. The molecule has 2 atom stereocenters. The monoisotopic (exact) mass is 333 g/mol. The predicted molar refractivity (Wildman–Crippen MR) is 88.3 cm³/mol. The predicted octanol–water partition coefficient (Wildman–Crippen LogP) is 1.61. The number of aliphatic hydroxyl groups is 1. The Balaban J connectivity index is 2.50. The molecule has 1 amide bonds. The Kier molecular flexibility index (Phi) is 5.18. The lowest BCUT2D eigenvalue weighted by molar-refractivity contribution is -0.118. The van der Waals surface area contributed by atoms with Gasteiger partial charge in [0, 0.05) is 12.5 Å². The quantitative estimate of drug-likeness (QED) is 0.839. The lowest BCUT2D eigenvalue weighted by Crippen LogP contribution is -2.42. The first-order valence-electron chi connectivity index (χ1n) is 7.17. The molecule has 6 heteroatoms. The molecule has 122 valence electrons. The number of carbonyl (C=O) groups excluding carboxylic acids is 1. The summed E-state index contributed by atoms with van der Waals surface area (Å²) in [5.41, 5.74) is 6.86. The highest BCUT2D eigenvalue weighted by atomic mass is 32.2. The number of sulfone groups is 1. The summed E-state index contributed by atoms with van der Waals surface area (Å²) in [5, 5.41) is 7.76. The molecule has 0 saturated heterocycles. The molecule has 0 aliphatic heterocycles. The average molecular weight is 333 g/mol. The van der Waals surface area contributed by atoms with Crippen molar-refractivity contribution in [2.75, 3.05) is 6.61 Å². The summed E-state index contributed by atoms with van der Waals surface area (Å²) in [6.07, 6.45) is 0. The average Bonchev–Trinajstić information content (AvgIpc) is 2.55. The topological polar surface area (TPSA) is 97.5 Å². The normalized spacial score (nSPS) is 14.2. The summed E-state index contributed by atoms with van der Waals surface area (Å²) in [6.45, 7) is 1.04. The Morgan fingerprint density at radius 2 is 1.70 bits per heavy atom. The number of amides is 1. The fourth-order valence-electron chi connectivity index (χ4n) is 2.46. The van der Waals surface area contributed by atoms with Crippen LogP contribution in [0.5, 0.6) is 0 Å². The van der Waals surface area contributed by atoms with Crippen molar-refractivity contribution in [2.45, 2.75) is 17.1 Å². The largest absolute Gasteiger partial charge is 0.396 e. The van der Waals surface area contributed by atoms with Gasteiger partial charge in [0.15, 0.2) is 9.84 Å². The summed E-state index contributed by atoms with van der Waals surface area (Å²) in [5.74, 6) is -1.74. The Hall–Kier alpha value is -2.18. The van der Waals surface area contributed by atoms with Gasteiger partial charge in [-0.05, 0) is 23.3 Å². The van der Waals surface area contributed by atoms with Crippen LogP contribution in [0.25, 0.3) is 11.1 Å². The van der Waals surface area contributed by atoms with Gasteiger partial charge in [0.25, 0.3) is 0 Å². The number of aliphatic hydroxyl groups excluding tert-OH is 1. The molecule has 3 N–H and O–H groups in total. The van der Waals surface area contributed by atoms with Gasteiger partial charge in [-0.15, -0.1) is 0 Å². The maximum absolute atomic E-state index is 12.7. The van der Waals surface area contributed by atoms with Gasteiger partial charge in [0.1, 0.15) is 5.25 Å². The third-order valence-corrected chi connectivity index (χ3v) is 5.97. The van der Waals surface area contributed by atoms with E-state index in [1.807, 2.05) is 30.3 Å². The summed E-state index contributed by atoms with van der Waals surface area (Å²) in [6, 6.07) is 15.7. The van der Waals surface area contributed by atoms with Crippen LogP contribution in [0.15, 0.2) is 59.5 Å². The van der Waals surface area contributed by atoms with Crippen LogP contribution < -0.4 is 5.73 Å². The van der Waals surface area contributed by atoms with Crippen LogP contribution in [-0.2, 0) is 14.6 Å². The highest BCUT2D eigenvalue weighted by Gasteiger charge is 2.36. The SMILES string of the molecule is CC(CO)C(C(N)=O)S(=O)(=O)c1cccc(-c2ccccc2)c1. The summed E-state index contributed by atoms with van der Waals surface area (Å²) >= 11 is 0. The van der Waals surface area contributed by atoms with Gasteiger partial charge in [-0.1, -0.05) is 49.4 Å². The van der Waals surface area contributed by atoms with Crippen LogP contribution in [-0.4, -0.2) is 31.3 Å². The summed E-state index contributed by atoms with van der Waals surface area (Å²) < 4.78 is 25.5. The number of carbonyl (C=O) groups is 1. The molecule has 5 nitrogen and oxygen atoms in total. The van der Waals surface area contributed by atoms with Gasteiger partial charge in [0.2, 0.25) is 5.91 Å². The van der Waals surface area contributed by atoms with Gasteiger partial charge >= 0.3 is 0 Å². The molecule has 2 unspecified atom stereocenters. The molecule has 0 bridgehead atoms. The number of hydrogen-bond acceptors (Lipinski definition) is 4. The van der Waals surface area contributed by atoms with E-state index in [2.05, 4.69) is 0 Å². The smallest absolute Gasteiger partial charge is 0.236 e. The summed E-state index contributed by atoms with van der Waals surface area (Å²) in [7, 11) is -3.98. The minimum Gasteiger partial charge on any atom is -0.396 e. The van der Waals surface area contributed by atoms with Crippen LogP contribution >= 0.6 is 0 Å². The first-order valence-corrected chi connectivity index (χ1v) is 8.72. The van der Waals surface area contributed by atoms with Crippen molar-refractivity contribution in [3.63, 3.8) is 0 Å². The summed E-state index contributed by atoms with van der Waals surface area (Å²) in [4.78, 5) is 11.6. The molecule has 2 rings (SSSR count). The van der Waals surface area contributed by atoms with E-state index in [1.165, 1.54) is 19.1 Å². The van der Waals surface area contributed by atoms with E-state index in [0.29, 0.717) is 0 Å². The molecular formula is C17H19NO4S. The number of benzene rings is 2. The molecule has 0 saturated carbocycles. The van der Waals surface area contributed by atoms with E-state index in [1.54, 1.807) is 12.1 Å². The zero-order valence-corrected chi connectivity index (χ0v) is 13.5. The van der Waals surface area contributed by atoms with E-state index in [-0.39, 0.29) is 4.90 Å². The Morgan fingerprint density at radius 3 is 2.26 bits per heavy atom. The van der Waals surface area contributed by atoms with Crippen molar-refractivity contribution in [3.05, 3.63) is 54.6 Å². The van der Waals surface area contributed by atoms with E-state index in [4.69, 9.17) is 5.73 Å². The van der Waals surface area contributed by atoms with Gasteiger partial charge < -0.3 is 10.8 Å². The molecule has 0 aromatic heterocycles. The molecule has 0 spiro atoms. The molecule has 0 fully saturated rings. The van der Waals surface area contributed by atoms with Crippen molar-refractivity contribution in [1.29, 1.82) is 0 Å². The maximum atomic E-state index is 12.7. The van der Waals surface area contributed by atoms with E-state index in [9.17, 15) is 18.3 Å². The molecule has 2 aromatic rings. The Bertz CT molecular complexity index is 787. The van der Waals surface area contributed by atoms with Gasteiger partial charge in [-0.25, -0.2) is 8.42 Å².